The maximum atomic E-state index is 10.9. The van der Waals surface area contributed by atoms with Crippen molar-refractivity contribution < 1.29 is 4.73 Å². The lowest BCUT2D eigenvalue weighted by Crippen LogP contribution is -2.35. The molecule has 1 heterocycles. The van der Waals surface area contributed by atoms with Gasteiger partial charge in [-0.1, -0.05) is 0 Å². The number of hydrogen-bond acceptors (Lipinski definition) is 5. The Labute approximate surface area is 75.4 Å². The van der Waals surface area contributed by atoms with E-state index in [1.807, 2.05) is 0 Å². The van der Waals surface area contributed by atoms with Crippen molar-refractivity contribution in [2.45, 2.75) is 6.42 Å². The van der Waals surface area contributed by atoms with Crippen LogP contribution in [-0.2, 0) is 6.42 Å². The molecule has 1 aromatic rings. The highest BCUT2D eigenvalue weighted by Crippen LogP contribution is 2.03. The predicted molar refractivity (Wildman–Crippen MR) is 49.6 cm³/mol. The molecule has 0 aliphatic carbocycles. The molecule has 0 aliphatic rings. The molecular weight excluding hydrogens is 176 g/mol. The Morgan fingerprint density at radius 2 is 2.25 bits per heavy atom. The van der Waals surface area contributed by atoms with Gasteiger partial charge in [-0.3, -0.25) is 0 Å². The highest BCUT2D eigenvalue weighted by atomic mass is 32.1. The highest BCUT2D eigenvalue weighted by molar-refractivity contribution is 7.80. The number of nitrogen functional groups attached to an aromatic ring is 2. The number of aryl methyl sites for hydroxylation is 1. The molecule has 0 bridgehead atoms. The second-order valence-electron chi connectivity index (χ2n) is 2.30. The number of anilines is 2. The van der Waals surface area contributed by atoms with E-state index in [4.69, 9.17) is 11.5 Å². The molecule has 0 aromatic carbocycles. The number of nitrogens with zero attached hydrogens (tertiary/aromatic N) is 2. The van der Waals surface area contributed by atoms with E-state index in [2.05, 4.69) is 17.6 Å². The monoisotopic (exact) mass is 186 g/mol. The summed E-state index contributed by atoms with van der Waals surface area (Å²) in [5, 5.41) is 10.9. The normalized spacial score (nSPS) is 10.1. The van der Waals surface area contributed by atoms with Crippen molar-refractivity contribution in [3.8, 4) is 0 Å². The first kappa shape index (κ1) is 8.92. The van der Waals surface area contributed by atoms with Crippen molar-refractivity contribution in [1.29, 1.82) is 0 Å². The Bertz CT molecular complexity index is 268. The molecule has 66 valence electrons. The molecule has 4 N–H and O–H groups in total. The van der Waals surface area contributed by atoms with Gasteiger partial charge in [-0.2, -0.15) is 12.6 Å². The van der Waals surface area contributed by atoms with Crippen LogP contribution < -0.4 is 16.2 Å². The van der Waals surface area contributed by atoms with Gasteiger partial charge in [0.25, 0.3) is 0 Å². The summed E-state index contributed by atoms with van der Waals surface area (Å²) in [6.45, 7) is 0. The lowest BCUT2D eigenvalue weighted by atomic mass is 10.3. The summed E-state index contributed by atoms with van der Waals surface area (Å²) in [6.07, 6.45) is 0.651. The van der Waals surface area contributed by atoms with Crippen LogP contribution in [0, 0.1) is 5.21 Å². The van der Waals surface area contributed by atoms with Crippen LogP contribution in [0.4, 0.5) is 11.8 Å². The van der Waals surface area contributed by atoms with Crippen molar-refractivity contribution in [3.05, 3.63) is 17.0 Å². The zero-order valence-corrected chi connectivity index (χ0v) is 7.29. The van der Waals surface area contributed by atoms with Crippen LogP contribution in [0.25, 0.3) is 0 Å². The van der Waals surface area contributed by atoms with Gasteiger partial charge in [-0.15, -0.1) is 4.98 Å². The molecule has 0 saturated heterocycles. The molecule has 1 aromatic heterocycles. The van der Waals surface area contributed by atoms with Crippen molar-refractivity contribution >= 4 is 24.4 Å². The number of rotatable bonds is 2. The van der Waals surface area contributed by atoms with Gasteiger partial charge in [0.2, 0.25) is 0 Å². The second kappa shape index (κ2) is 3.48. The SMILES string of the molecule is Nc1cc(CCS)nc(N)[n+]1[O-]. The molecule has 0 radical (unpaired) electrons. The Morgan fingerprint density at radius 1 is 1.58 bits per heavy atom. The van der Waals surface area contributed by atoms with Crippen molar-refractivity contribution in [2.24, 2.45) is 0 Å². The molecule has 1 rings (SSSR count). The van der Waals surface area contributed by atoms with E-state index < -0.39 is 0 Å². The van der Waals surface area contributed by atoms with Gasteiger partial charge in [-0.05, 0) is 5.75 Å². The summed E-state index contributed by atoms with van der Waals surface area (Å²) in [5.74, 6) is 0.598. The molecule has 0 unspecified atom stereocenters. The van der Waals surface area contributed by atoms with E-state index in [0.29, 0.717) is 22.6 Å². The van der Waals surface area contributed by atoms with E-state index in [0.717, 1.165) is 0 Å². The maximum absolute atomic E-state index is 10.9. The average Bonchev–Trinajstić information content (AvgIpc) is 2.01. The second-order valence-corrected chi connectivity index (χ2v) is 2.75. The molecule has 0 amide bonds. The maximum Gasteiger partial charge on any atom is 0.344 e. The standard InChI is InChI=1S/C6H10N4OS/c7-5-3-4(1-2-12)9-6(8)10(5)11/h3,12H,1-2,7H2,(H2,8,9). The third-order valence-corrected chi connectivity index (χ3v) is 1.61. The molecule has 0 atom stereocenters. The molecule has 0 fully saturated rings. The van der Waals surface area contributed by atoms with E-state index in [-0.39, 0.29) is 11.8 Å². The topological polar surface area (TPSA) is 91.9 Å². The van der Waals surface area contributed by atoms with Gasteiger partial charge in [0.1, 0.15) is 5.69 Å². The minimum absolute atomic E-state index is 0.0688. The van der Waals surface area contributed by atoms with Gasteiger partial charge in [0.15, 0.2) is 5.82 Å². The Hall–Kier alpha value is -1.17. The number of aromatic nitrogens is 2. The fraction of sp³-hybridized carbons (Fsp3) is 0.333. The smallest absolute Gasteiger partial charge is 0.344 e. The first-order valence-electron chi connectivity index (χ1n) is 3.40. The van der Waals surface area contributed by atoms with Crippen LogP contribution in [0.2, 0.25) is 0 Å². The first-order chi connectivity index (χ1) is 5.65. The van der Waals surface area contributed by atoms with E-state index >= 15 is 0 Å². The van der Waals surface area contributed by atoms with Gasteiger partial charge in [-0.25, -0.2) is 4.73 Å². The molecular formula is C6H10N4OS. The van der Waals surface area contributed by atoms with Gasteiger partial charge >= 0.3 is 5.95 Å². The fourth-order valence-electron chi connectivity index (χ4n) is 0.829. The molecule has 6 heteroatoms. The van der Waals surface area contributed by atoms with Gasteiger partial charge in [0.05, 0.1) is 0 Å². The summed E-state index contributed by atoms with van der Waals surface area (Å²) in [6, 6.07) is 1.50. The van der Waals surface area contributed by atoms with Crippen LogP contribution in [-0.4, -0.2) is 10.7 Å². The van der Waals surface area contributed by atoms with Gasteiger partial charge in [0, 0.05) is 12.5 Å². The van der Waals surface area contributed by atoms with Crippen LogP contribution >= 0.6 is 12.6 Å². The van der Waals surface area contributed by atoms with E-state index in [9.17, 15) is 5.21 Å². The lowest BCUT2D eigenvalue weighted by molar-refractivity contribution is -0.577. The average molecular weight is 186 g/mol. The third kappa shape index (κ3) is 1.70. The molecule has 0 aliphatic heterocycles. The summed E-state index contributed by atoms with van der Waals surface area (Å²) in [5.41, 5.74) is 11.3. The molecule has 0 saturated carbocycles. The van der Waals surface area contributed by atoms with Crippen LogP contribution in [0.15, 0.2) is 6.07 Å². The van der Waals surface area contributed by atoms with Crippen molar-refractivity contribution in [1.82, 2.24) is 4.98 Å². The highest BCUT2D eigenvalue weighted by Gasteiger charge is 2.05. The Kier molecular flexibility index (Phi) is 2.59. The zero-order chi connectivity index (χ0) is 9.14. The zero-order valence-electron chi connectivity index (χ0n) is 6.40. The predicted octanol–water partition coefficient (Wildman–Crippen LogP) is -0.648. The molecule has 5 nitrogen and oxygen atoms in total. The molecule has 0 spiro atoms. The van der Waals surface area contributed by atoms with Crippen molar-refractivity contribution in [2.75, 3.05) is 17.2 Å². The summed E-state index contributed by atoms with van der Waals surface area (Å²) >= 11 is 4.02. The van der Waals surface area contributed by atoms with E-state index in [1.165, 1.54) is 6.07 Å². The summed E-state index contributed by atoms with van der Waals surface area (Å²) in [4.78, 5) is 3.82. The van der Waals surface area contributed by atoms with Crippen molar-refractivity contribution in [3.63, 3.8) is 0 Å². The lowest BCUT2D eigenvalue weighted by Gasteiger charge is -2.09. The summed E-state index contributed by atoms with van der Waals surface area (Å²) < 4.78 is 0.391. The van der Waals surface area contributed by atoms with Crippen LogP contribution in [0.5, 0.6) is 0 Å². The minimum Gasteiger partial charge on any atom is -0.754 e. The largest absolute Gasteiger partial charge is 0.754 e. The number of thiol groups is 1. The van der Waals surface area contributed by atoms with Crippen LogP contribution in [0.3, 0.4) is 0 Å². The quantitative estimate of drug-likeness (QED) is 0.325. The first-order valence-corrected chi connectivity index (χ1v) is 4.03. The summed E-state index contributed by atoms with van der Waals surface area (Å²) in [7, 11) is 0. The number of nitrogens with two attached hydrogens (primary N) is 2. The Balaban J connectivity index is 3.04. The minimum atomic E-state index is -0.119. The van der Waals surface area contributed by atoms with Gasteiger partial charge < -0.3 is 16.7 Å². The number of hydrogen-bond donors (Lipinski definition) is 3. The van der Waals surface area contributed by atoms with Crippen LogP contribution in [0.1, 0.15) is 5.69 Å². The van der Waals surface area contributed by atoms with E-state index in [1.54, 1.807) is 0 Å². The molecule has 12 heavy (non-hydrogen) atoms. The Morgan fingerprint density at radius 3 is 2.75 bits per heavy atom. The fourth-order valence-corrected chi connectivity index (χ4v) is 1.06. The third-order valence-electron chi connectivity index (χ3n) is 1.38.